The van der Waals surface area contributed by atoms with Crippen molar-refractivity contribution in [3.63, 3.8) is 0 Å². The van der Waals surface area contributed by atoms with Crippen LogP contribution in [0.4, 0.5) is 11.5 Å². The molecule has 0 saturated heterocycles. The van der Waals surface area contributed by atoms with Gasteiger partial charge in [-0.15, -0.1) is 0 Å². The van der Waals surface area contributed by atoms with Crippen molar-refractivity contribution in [2.75, 3.05) is 10.5 Å². The number of benzene rings is 2. The van der Waals surface area contributed by atoms with E-state index in [0.717, 1.165) is 25.7 Å². The quantitative estimate of drug-likeness (QED) is 0.245. The minimum atomic E-state index is -4.00. The van der Waals surface area contributed by atoms with Crippen LogP contribution in [0, 0.1) is 0 Å². The van der Waals surface area contributed by atoms with Crippen molar-refractivity contribution in [3.05, 3.63) is 88.7 Å². The number of nitrogens with one attached hydrogen (secondary N) is 1. The number of hydrogen-bond donors (Lipinski definition) is 2. The van der Waals surface area contributed by atoms with Gasteiger partial charge in [-0.3, -0.25) is 9.52 Å². The van der Waals surface area contributed by atoms with Crippen LogP contribution in [0.2, 0.25) is 0 Å². The van der Waals surface area contributed by atoms with Gasteiger partial charge in [-0.1, -0.05) is 25.0 Å². The number of fused-ring (bicyclic) bond motifs is 2. The summed E-state index contributed by atoms with van der Waals surface area (Å²) in [6.07, 6.45) is 7.41. The zero-order chi connectivity index (χ0) is 26.4. The third-order valence-corrected chi connectivity index (χ3v) is 8.26. The van der Waals surface area contributed by atoms with Gasteiger partial charge in [0.2, 0.25) is 0 Å². The molecule has 10 nitrogen and oxygen atoms in total. The molecule has 0 amide bonds. The number of nitrogens with zero attached hydrogens (tertiary/aromatic N) is 3. The number of rotatable bonds is 6. The summed E-state index contributed by atoms with van der Waals surface area (Å²) in [5, 5.41) is 0.966. The number of carbonyl (C=O) groups excluding carboxylic acids is 1. The maximum Gasteiger partial charge on any atom is 0.336 e. The van der Waals surface area contributed by atoms with Crippen molar-refractivity contribution in [2.24, 2.45) is 0 Å². The SMILES string of the molecule is Nc1ncnc2c1c(C(=O)c1cccc(NS(=O)(=O)c3ccc4oc(=O)ccc4c3)c1)cn2C1CCCC1. The summed E-state index contributed by atoms with van der Waals surface area (Å²) < 4.78 is 35.8. The molecule has 0 bridgehead atoms. The van der Waals surface area contributed by atoms with Crippen LogP contribution in [0.3, 0.4) is 0 Å². The number of ketones is 1. The minimum absolute atomic E-state index is 0.0138. The Labute approximate surface area is 217 Å². The van der Waals surface area contributed by atoms with E-state index < -0.39 is 15.6 Å². The van der Waals surface area contributed by atoms with E-state index in [0.29, 0.717) is 27.5 Å². The predicted molar refractivity (Wildman–Crippen MR) is 143 cm³/mol. The Balaban J connectivity index is 1.34. The van der Waals surface area contributed by atoms with E-state index >= 15 is 0 Å². The lowest BCUT2D eigenvalue weighted by molar-refractivity contribution is 0.104. The number of sulfonamides is 1. The molecule has 0 aliphatic heterocycles. The average molecular weight is 530 g/mol. The lowest BCUT2D eigenvalue weighted by Gasteiger charge is -2.12. The van der Waals surface area contributed by atoms with Gasteiger partial charge in [0.05, 0.1) is 15.8 Å². The number of hydrogen-bond acceptors (Lipinski definition) is 8. The highest BCUT2D eigenvalue weighted by molar-refractivity contribution is 7.92. The number of aromatic nitrogens is 3. The Morgan fingerprint density at radius 1 is 1.05 bits per heavy atom. The highest BCUT2D eigenvalue weighted by Gasteiger charge is 2.26. The highest BCUT2D eigenvalue weighted by atomic mass is 32.2. The highest BCUT2D eigenvalue weighted by Crippen LogP contribution is 2.35. The van der Waals surface area contributed by atoms with E-state index in [-0.39, 0.29) is 33.8 Å². The van der Waals surface area contributed by atoms with E-state index in [4.69, 9.17) is 10.2 Å². The normalized spacial score (nSPS) is 14.3. The van der Waals surface area contributed by atoms with Crippen LogP contribution in [0.1, 0.15) is 47.6 Å². The van der Waals surface area contributed by atoms with Gasteiger partial charge in [-0.05, 0) is 49.2 Å². The topological polar surface area (TPSA) is 150 Å². The van der Waals surface area contributed by atoms with Crippen LogP contribution in [0.15, 0.2) is 81.2 Å². The van der Waals surface area contributed by atoms with Gasteiger partial charge in [-0.25, -0.2) is 23.2 Å². The van der Waals surface area contributed by atoms with Crippen LogP contribution in [-0.4, -0.2) is 28.7 Å². The Kier molecular flexibility index (Phi) is 5.72. The molecule has 1 aliphatic carbocycles. The van der Waals surface area contributed by atoms with Crippen molar-refractivity contribution in [2.45, 2.75) is 36.6 Å². The van der Waals surface area contributed by atoms with Crippen molar-refractivity contribution < 1.29 is 17.6 Å². The molecule has 3 N–H and O–H groups in total. The molecular weight excluding hydrogens is 506 g/mol. The van der Waals surface area contributed by atoms with E-state index in [1.807, 2.05) is 4.57 Å². The van der Waals surface area contributed by atoms with E-state index in [9.17, 15) is 18.0 Å². The summed E-state index contributed by atoms with van der Waals surface area (Å²) in [5.74, 6) is -0.0888. The van der Waals surface area contributed by atoms with Gasteiger partial charge < -0.3 is 14.7 Å². The molecule has 38 heavy (non-hydrogen) atoms. The Bertz CT molecular complexity index is 1890. The molecule has 0 spiro atoms. The molecule has 1 saturated carbocycles. The lowest BCUT2D eigenvalue weighted by Crippen LogP contribution is -2.13. The summed E-state index contributed by atoms with van der Waals surface area (Å²) >= 11 is 0. The fourth-order valence-electron chi connectivity index (χ4n) is 5.05. The fourth-order valence-corrected chi connectivity index (χ4v) is 6.14. The zero-order valence-electron chi connectivity index (χ0n) is 20.1. The second-order valence-electron chi connectivity index (χ2n) is 9.32. The average Bonchev–Trinajstić information content (AvgIpc) is 3.57. The Morgan fingerprint density at radius 3 is 2.68 bits per heavy atom. The molecule has 11 heteroatoms. The van der Waals surface area contributed by atoms with Crippen molar-refractivity contribution in [1.82, 2.24) is 14.5 Å². The second-order valence-corrected chi connectivity index (χ2v) is 11.0. The Morgan fingerprint density at radius 2 is 1.87 bits per heavy atom. The molecule has 2 aromatic carbocycles. The van der Waals surface area contributed by atoms with Crippen LogP contribution in [0.25, 0.3) is 22.0 Å². The van der Waals surface area contributed by atoms with E-state index in [1.54, 1.807) is 24.4 Å². The first kappa shape index (κ1) is 23.9. The Hall–Kier alpha value is -4.51. The van der Waals surface area contributed by atoms with Crippen molar-refractivity contribution in [1.29, 1.82) is 0 Å². The third kappa shape index (κ3) is 4.20. The standard InChI is InChI=1S/C27H23N5O5S/c28-26-24-21(14-32(19-6-1-2-7-19)27(24)30-15-29-26)25(34)17-4-3-5-18(12-17)31-38(35,36)20-9-10-22-16(13-20)8-11-23(33)37-22/h3-5,8-15,19,31H,1-2,6-7H2,(H2,28,29,30). The molecule has 1 fully saturated rings. The van der Waals surface area contributed by atoms with E-state index in [2.05, 4.69) is 14.7 Å². The first-order valence-electron chi connectivity index (χ1n) is 12.1. The van der Waals surface area contributed by atoms with Gasteiger partial charge in [-0.2, -0.15) is 0 Å². The first-order chi connectivity index (χ1) is 18.3. The smallest absolute Gasteiger partial charge is 0.336 e. The maximum atomic E-state index is 13.7. The summed E-state index contributed by atoms with van der Waals surface area (Å²) in [4.78, 5) is 33.6. The van der Waals surface area contributed by atoms with Crippen LogP contribution in [-0.2, 0) is 10.0 Å². The zero-order valence-corrected chi connectivity index (χ0v) is 20.9. The summed E-state index contributed by atoms with van der Waals surface area (Å²) in [7, 11) is -4.00. The monoisotopic (exact) mass is 529 g/mol. The molecule has 5 aromatic rings. The molecule has 1 aliphatic rings. The molecule has 6 rings (SSSR count). The van der Waals surface area contributed by atoms with Crippen LogP contribution >= 0.6 is 0 Å². The van der Waals surface area contributed by atoms with Crippen molar-refractivity contribution >= 4 is 49.3 Å². The minimum Gasteiger partial charge on any atom is -0.423 e. The summed E-state index contributed by atoms with van der Waals surface area (Å²) in [5.41, 5.74) is 7.45. The summed E-state index contributed by atoms with van der Waals surface area (Å²) in [6, 6.07) is 13.4. The molecular formula is C27H23N5O5S. The first-order valence-corrected chi connectivity index (χ1v) is 13.6. The largest absolute Gasteiger partial charge is 0.423 e. The second kappa shape index (κ2) is 9.10. The van der Waals surface area contributed by atoms with Gasteiger partial charge in [0.25, 0.3) is 10.0 Å². The summed E-state index contributed by atoms with van der Waals surface area (Å²) in [6.45, 7) is 0. The van der Waals surface area contributed by atoms with Crippen molar-refractivity contribution in [3.8, 4) is 0 Å². The van der Waals surface area contributed by atoms with Gasteiger partial charge in [0.1, 0.15) is 23.4 Å². The molecule has 0 unspecified atom stereocenters. The van der Waals surface area contributed by atoms with Crippen LogP contribution in [0.5, 0.6) is 0 Å². The molecule has 192 valence electrons. The van der Waals surface area contributed by atoms with E-state index in [1.165, 1.54) is 42.7 Å². The molecule has 3 aromatic heterocycles. The molecule has 3 heterocycles. The molecule has 0 atom stereocenters. The number of nitrogens with two attached hydrogens (primary N) is 1. The number of anilines is 2. The number of carbonyl (C=O) groups is 1. The molecule has 0 radical (unpaired) electrons. The van der Waals surface area contributed by atoms with Crippen LogP contribution < -0.4 is 16.1 Å². The lowest BCUT2D eigenvalue weighted by atomic mass is 10.0. The maximum absolute atomic E-state index is 13.7. The van der Waals surface area contributed by atoms with Gasteiger partial charge in [0.15, 0.2) is 5.78 Å². The van der Waals surface area contributed by atoms with Gasteiger partial charge >= 0.3 is 5.63 Å². The van der Waals surface area contributed by atoms with Gasteiger partial charge in [0, 0.05) is 34.9 Å². The number of nitrogen functional groups attached to an aromatic ring is 1. The third-order valence-electron chi connectivity index (χ3n) is 6.88. The predicted octanol–water partition coefficient (Wildman–Crippen LogP) is 4.27. The fraction of sp³-hybridized carbons (Fsp3) is 0.185.